The molecule has 5 rings (SSSR count). The number of aliphatic hydroxyl groups is 1. The lowest BCUT2D eigenvalue weighted by Crippen LogP contribution is -2.52. The molecule has 0 radical (unpaired) electrons. The van der Waals surface area contributed by atoms with Gasteiger partial charge >= 0.3 is 0 Å². The summed E-state index contributed by atoms with van der Waals surface area (Å²) in [4.78, 5) is 2.55. The Balaban J connectivity index is 1.33. The largest absolute Gasteiger partial charge is 0.390 e. The zero-order valence-electron chi connectivity index (χ0n) is 19.7. The molecule has 4 aliphatic rings. The predicted octanol–water partition coefficient (Wildman–Crippen LogP) is 6.53. The molecule has 0 amide bonds. The Morgan fingerprint density at radius 3 is 2.40 bits per heavy atom. The summed E-state index contributed by atoms with van der Waals surface area (Å²) in [5.41, 5.74) is 1.48. The molecule has 0 bridgehead atoms. The minimum absolute atomic E-state index is 0.396. The fourth-order valence-electron chi connectivity index (χ4n) is 9.08. The van der Waals surface area contributed by atoms with E-state index in [0.717, 1.165) is 48.3 Å². The van der Waals surface area contributed by atoms with Crippen molar-refractivity contribution in [3.63, 3.8) is 0 Å². The topological polar surface area (TPSA) is 23.5 Å². The van der Waals surface area contributed by atoms with Gasteiger partial charge in [-0.2, -0.15) is 0 Å². The highest BCUT2D eigenvalue weighted by molar-refractivity contribution is 5.46. The third-order valence-corrected chi connectivity index (χ3v) is 10.7. The molecule has 0 aromatic heterocycles. The average molecular weight is 410 g/mol. The molecule has 9 atom stereocenters. The maximum absolute atomic E-state index is 10.6. The van der Waals surface area contributed by atoms with Gasteiger partial charge in [0.05, 0.1) is 5.60 Å². The van der Waals surface area contributed by atoms with Crippen LogP contribution in [0.5, 0.6) is 0 Å². The summed E-state index contributed by atoms with van der Waals surface area (Å²) < 4.78 is 0. The Kier molecular flexibility index (Phi) is 5.24. The Hall–Kier alpha value is -1.02. The van der Waals surface area contributed by atoms with Gasteiger partial charge in [0.2, 0.25) is 0 Å². The summed E-state index contributed by atoms with van der Waals surface area (Å²) in [7, 11) is 2.31. The van der Waals surface area contributed by atoms with E-state index in [1.54, 1.807) is 0 Å². The Bertz CT molecular complexity index is 744. The molecule has 166 valence electrons. The van der Waals surface area contributed by atoms with Crippen molar-refractivity contribution >= 4 is 5.69 Å². The number of anilines is 1. The van der Waals surface area contributed by atoms with Crippen molar-refractivity contribution in [3.8, 4) is 0 Å². The molecule has 30 heavy (non-hydrogen) atoms. The van der Waals surface area contributed by atoms with Crippen molar-refractivity contribution in [2.75, 3.05) is 11.9 Å². The first-order valence-electron chi connectivity index (χ1n) is 12.8. The van der Waals surface area contributed by atoms with Crippen LogP contribution >= 0.6 is 0 Å². The highest BCUT2D eigenvalue weighted by Gasteiger charge is 2.58. The molecule has 1 aromatic rings. The molecular formula is C28H43NO. The van der Waals surface area contributed by atoms with E-state index in [1.165, 1.54) is 50.6 Å². The maximum atomic E-state index is 10.6. The second kappa shape index (κ2) is 7.54. The van der Waals surface area contributed by atoms with Gasteiger partial charge in [0, 0.05) is 18.8 Å². The molecule has 1 N–H and O–H groups in total. The van der Waals surface area contributed by atoms with Crippen LogP contribution in [0.1, 0.15) is 78.6 Å². The first kappa shape index (κ1) is 20.9. The SMILES string of the molecule is C[C@@H]([C@H]1CC[C@H]2[C@@H]3CC[C@@H]4C[C@](C)(O)CC[C@@H]4[C@H]3CC[C@]12C)N(C)c1ccccc1. The van der Waals surface area contributed by atoms with E-state index in [0.29, 0.717) is 11.5 Å². The van der Waals surface area contributed by atoms with E-state index in [1.807, 2.05) is 0 Å². The van der Waals surface area contributed by atoms with Crippen molar-refractivity contribution in [2.45, 2.75) is 90.2 Å². The number of fused-ring (bicyclic) bond motifs is 5. The van der Waals surface area contributed by atoms with Gasteiger partial charge in [-0.05, 0) is 125 Å². The molecule has 2 nitrogen and oxygen atoms in total. The zero-order valence-corrected chi connectivity index (χ0v) is 19.7. The molecule has 0 aliphatic heterocycles. The van der Waals surface area contributed by atoms with Gasteiger partial charge in [-0.25, -0.2) is 0 Å². The fourth-order valence-corrected chi connectivity index (χ4v) is 9.08. The monoisotopic (exact) mass is 409 g/mol. The lowest BCUT2D eigenvalue weighted by atomic mass is 9.48. The second-order valence-corrected chi connectivity index (χ2v) is 12.1. The lowest BCUT2D eigenvalue weighted by Gasteiger charge is -2.57. The molecule has 1 aromatic carbocycles. The quantitative estimate of drug-likeness (QED) is 0.613. The molecule has 0 heterocycles. The van der Waals surface area contributed by atoms with Gasteiger partial charge < -0.3 is 10.0 Å². The summed E-state index contributed by atoms with van der Waals surface area (Å²) in [5, 5.41) is 10.6. The molecule has 4 aliphatic carbocycles. The number of hydrogen-bond acceptors (Lipinski definition) is 2. The smallest absolute Gasteiger partial charge is 0.0622 e. The van der Waals surface area contributed by atoms with Crippen LogP contribution in [-0.4, -0.2) is 23.8 Å². The predicted molar refractivity (Wildman–Crippen MR) is 126 cm³/mol. The molecule has 0 saturated heterocycles. The van der Waals surface area contributed by atoms with Crippen molar-refractivity contribution in [3.05, 3.63) is 30.3 Å². The van der Waals surface area contributed by atoms with Gasteiger partial charge in [-0.3, -0.25) is 0 Å². The van der Waals surface area contributed by atoms with Gasteiger partial charge in [-0.15, -0.1) is 0 Å². The standard InChI is InChI=1S/C28H43NO/c1-19(29(4)21-8-6-5-7-9-21)25-12-13-26-24-11-10-20-18-27(2,30)16-14-22(20)23(24)15-17-28(25,26)3/h5-9,19-20,22-26,30H,10-18H2,1-4H3/t19-,20+,22-,23+,24+,25+,26-,27+,28+/m0/s1. The summed E-state index contributed by atoms with van der Waals surface area (Å²) in [6.07, 6.45) is 11.9. The van der Waals surface area contributed by atoms with Crippen molar-refractivity contribution in [1.29, 1.82) is 0 Å². The van der Waals surface area contributed by atoms with E-state index in [4.69, 9.17) is 0 Å². The number of hydrogen-bond donors (Lipinski definition) is 1. The fraction of sp³-hybridized carbons (Fsp3) is 0.786. The highest BCUT2D eigenvalue weighted by atomic mass is 16.3. The molecular weight excluding hydrogens is 366 g/mol. The summed E-state index contributed by atoms with van der Waals surface area (Å²) in [6, 6.07) is 11.6. The van der Waals surface area contributed by atoms with E-state index < -0.39 is 5.60 Å². The van der Waals surface area contributed by atoms with E-state index >= 15 is 0 Å². The first-order valence-corrected chi connectivity index (χ1v) is 12.8. The van der Waals surface area contributed by atoms with Crippen molar-refractivity contribution in [2.24, 2.45) is 40.9 Å². The Morgan fingerprint density at radius 1 is 0.900 bits per heavy atom. The molecule has 2 heteroatoms. The van der Waals surface area contributed by atoms with Crippen molar-refractivity contribution < 1.29 is 5.11 Å². The maximum Gasteiger partial charge on any atom is 0.0622 e. The summed E-state index contributed by atoms with van der Waals surface area (Å²) in [6.45, 7) is 7.23. The second-order valence-electron chi connectivity index (χ2n) is 12.1. The summed E-state index contributed by atoms with van der Waals surface area (Å²) >= 11 is 0. The van der Waals surface area contributed by atoms with Crippen LogP contribution in [0.3, 0.4) is 0 Å². The van der Waals surface area contributed by atoms with E-state index in [-0.39, 0.29) is 0 Å². The minimum Gasteiger partial charge on any atom is -0.390 e. The van der Waals surface area contributed by atoms with Gasteiger partial charge in [0.25, 0.3) is 0 Å². The van der Waals surface area contributed by atoms with Gasteiger partial charge in [0.15, 0.2) is 0 Å². The van der Waals surface area contributed by atoms with E-state index in [9.17, 15) is 5.11 Å². The number of para-hydroxylation sites is 1. The molecule has 0 spiro atoms. The van der Waals surface area contributed by atoms with Crippen LogP contribution in [0, 0.1) is 40.9 Å². The number of rotatable bonds is 3. The van der Waals surface area contributed by atoms with Crippen LogP contribution < -0.4 is 4.90 Å². The minimum atomic E-state index is -0.396. The number of nitrogens with zero attached hydrogens (tertiary/aromatic N) is 1. The average Bonchev–Trinajstić information content (AvgIpc) is 3.09. The highest BCUT2D eigenvalue weighted by Crippen LogP contribution is 2.65. The molecule has 0 unspecified atom stereocenters. The van der Waals surface area contributed by atoms with Crippen LogP contribution in [0.15, 0.2) is 30.3 Å². The van der Waals surface area contributed by atoms with Crippen LogP contribution in [-0.2, 0) is 0 Å². The number of benzene rings is 1. The Labute approximate surface area is 184 Å². The van der Waals surface area contributed by atoms with Crippen LogP contribution in [0.4, 0.5) is 5.69 Å². The van der Waals surface area contributed by atoms with Crippen LogP contribution in [0.25, 0.3) is 0 Å². The van der Waals surface area contributed by atoms with Crippen LogP contribution in [0.2, 0.25) is 0 Å². The van der Waals surface area contributed by atoms with Crippen molar-refractivity contribution in [1.82, 2.24) is 0 Å². The first-order chi connectivity index (χ1) is 14.3. The normalized spacial score (nSPS) is 46.4. The van der Waals surface area contributed by atoms with E-state index in [2.05, 4.69) is 63.1 Å². The third-order valence-electron chi connectivity index (χ3n) is 10.7. The summed E-state index contributed by atoms with van der Waals surface area (Å²) in [5.74, 6) is 5.32. The molecule has 4 fully saturated rings. The van der Waals surface area contributed by atoms with Gasteiger partial charge in [0.1, 0.15) is 0 Å². The zero-order chi connectivity index (χ0) is 21.1. The Morgan fingerprint density at radius 2 is 1.63 bits per heavy atom. The third kappa shape index (κ3) is 3.33. The molecule has 4 saturated carbocycles. The van der Waals surface area contributed by atoms with Gasteiger partial charge in [-0.1, -0.05) is 25.1 Å². The lowest BCUT2D eigenvalue weighted by molar-refractivity contribution is -0.101.